The molecule has 0 amide bonds. The van der Waals surface area contributed by atoms with Gasteiger partial charge in [0.1, 0.15) is 29.9 Å². The Hall–Kier alpha value is -3.32. The van der Waals surface area contributed by atoms with E-state index in [1.807, 2.05) is 78.9 Å². The van der Waals surface area contributed by atoms with Crippen LogP contribution >= 0.6 is 11.8 Å². The Kier molecular flexibility index (Phi) is 11.8. The Morgan fingerprint density at radius 1 is 0.538 bits per heavy atom. The Labute approximate surface area is 316 Å². The van der Waals surface area contributed by atoms with E-state index in [9.17, 15) is 10.2 Å². The van der Waals surface area contributed by atoms with Crippen LogP contribution in [0.2, 0.25) is 10.1 Å². The summed E-state index contributed by atoms with van der Waals surface area (Å²) in [4.78, 5) is 0.957. The van der Waals surface area contributed by atoms with Crippen molar-refractivity contribution in [3.63, 3.8) is 0 Å². The molecule has 0 spiro atoms. The molecule has 1 saturated heterocycles. The number of aliphatic hydroxyl groups is 2. The van der Waals surface area contributed by atoms with Crippen LogP contribution in [0.15, 0.2) is 157 Å². The van der Waals surface area contributed by atoms with Gasteiger partial charge >= 0.3 is 0 Å². The normalized spacial score (nSPS) is 21.5. The molecule has 272 valence electrons. The minimum absolute atomic E-state index is 0.119. The SMILES string of the molecule is CC(C)(C)[Si](OC[C@H]1O[C@H](Sc2ccccc2)[C@@H](O)[C@@H](O[Si](c2ccccc2)(c2ccccc2)C(C)(C)C)[C@@H]1O)(c1ccccc1)c1ccccc1. The average Bonchev–Trinajstić information content (AvgIpc) is 3.14. The van der Waals surface area contributed by atoms with Crippen molar-refractivity contribution in [3.05, 3.63) is 152 Å². The summed E-state index contributed by atoms with van der Waals surface area (Å²) in [5.74, 6) is 0. The molecule has 6 rings (SSSR count). The van der Waals surface area contributed by atoms with Crippen LogP contribution in [-0.2, 0) is 13.6 Å². The molecular formula is C44H52O5SSi2. The average molecular weight is 749 g/mol. The molecule has 0 bridgehead atoms. The maximum absolute atomic E-state index is 12.5. The molecule has 0 aromatic heterocycles. The van der Waals surface area contributed by atoms with E-state index < -0.39 is 46.5 Å². The van der Waals surface area contributed by atoms with Crippen LogP contribution in [0.5, 0.6) is 0 Å². The van der Waals surface area contributed by atoms with Gasteiger partial charge in [-0.05, 0) is 43.0 Å². The molecule has 0 unspecified atom stereocenters. The maximum Gasteiger partial charge on any atom is 0.261 e. The molecule has 0 radical (unpaired) electrons. The first kappa shape index (κ1) is 38.4. The topological polar surface area (TPSA) is 68.2 Å². The summed E-state index contributed by atoms with van der Waals surface area (Å²) in [5.41, 5.74) is -0.721. The van der Waals surface area contributed by atoms with Crippen molar-refractivity contribution in [1.82, 2.24) is 0 Å². The highest BCUT2D eigenvalue weighted by Gasteiger charge is 2.57. The van der Waals surface area contributed by atoms with Gasteiger partial charge in [0.25, 0.3) is 16.6 Å². The van der Waals surface area contributed by atoms with Gasteiger partial charge in [-0.15, -0.1) is 0 Å². The summed E-state index contributed by atoms with van der Waals surface area (Å²) in [7, 11) is -6.16. The van der Waals surface area contributed by atoms with Gasteiger partial charge in [-0.3, -0.25) is 0 Å². The van der Waals surface area contributed by atoms with Crippen LogP contribution in [0.4, 0.5) is 0 Å². The quantitative estimate of drug-likeness (QED) is 0.146. The molecule has 5 nitrogen and oxygen atoms in total. The number of rotatable bonds is 11. The molecule has 8 heteroatoms. The van der Waals surface area contributed by atoms with Crippen molar-refractivity contribution in [2.75, 3.05) is 6.61 Å². The third-order valence-electron chi connectivity index (χ3n) is 10.2. The fourth-order valence-corrected chi connectivity index (χ4v) is 18.1. The van der Waals surface area contributed by atoms with Crippen LogP contribution < -0.4 is 20.7 Å². The second-order valence-corrected chi connectivity index (χ2v) is 25.4. The fraction of sp³-hybridized carbons (Fsp3) is 0.318. The number of ether oxygens (including phenoxy) is 1. The molecule has 1 fully saturated rings. The minimum Gasteiger partial charge on any atom is -0.405 e. The van der Waals surface area contributed by atoms with Crippen LogP contribution in [-0.4, -0.2) is 63.3 Å². The number of thioether (sulfide) groups is 1. The molecule has 1 aliphatic heterocycles. The van der Waals surface area contributed by atoms with E-state index in [1.54, 1.807) is 0 Å². The lowest BCUT2D eigenvalue weighted by Crippen LogP contribution is -2.72. The Bertz CT molecular complexity index is 1760. The molecular weight excluding hydrogens is 697 g/mol. The van der Waals surface area contributed by atoms with Crippen molar-refractivity contribution in [2.24, 2.45) is 0 Å². The van der Waals surface area contributed by atoms with Crippen molar-refractivity contribution >= 4 is 49.1 Å². The van der Waals surface area contributed by atoms with Gasteiger partial charge in [0.05, 0.1) is 6.61 Å². The molecule has 5 atom stereocenters. The molecule has 5 aromatic rings. The maximum atomic E-state index is 12.5. The summed E-state index contributed by atoms with van der Waals surface area (Å²) in [6, 6.07) is 51.6. The Morgan fingerprint density at radius 3 is 1.29 bits per heavy atom. The van der Waals surface area contributed by atoms with Crippen LogP contribution in [0, 0.1) is 0 Å². The first-order valence-corrected chi connectivity index (χ1v) is 22.9. The number of hydrogen-bond donors (Lipinski definition) is 2. The predicted octanol–water partition coefficient (Wildman–Crippen LogP) is 6.75. The van der Waals surface area contributed by atoms with Crippen LogP contribution in [0.1, 0.15) is 41.5 Å². The lowest BCUT2D eigenvalue weighted by molar-refractivity contribution is -0.199. The zero-order valence-electron chi connectivity index (χ0n) is 31.1. The standard InChI is InChI=1S/C44H52O5SSi2/c1-43(2,3)51(34-24-14-8-15-25-34,35-26-16-9-17-27-35)47-32-38-39(45)41(40(46)42(48-38)50-33-22-12-7-13-23-33)49-52(44(4,5)6,36-28-18-10-19-29-36)37-30-20-11-21-31-37/h7-31,38-42,45-46H,32H2,1-6H3/t38-,39-,40+,41+,42-/m1/s1. The van der Waals surface area contributed by atoms with E-state index in [-0.39, 0.29) is 16.7 Å². The van der Waals surface area contributed by atoms with Crippen LogP contribution in [0.3, 0.4) is 0 Å². The molecule has 52 heavy (non-hydrogen) atoms. The smallest absolute Gasteiger partial charge is 0.261 e. The van der Waals surface area contributed by atoms with Crippen molar-refractivity contribution in [1.29, 1.82) is 0 Å². The highest BCUT2D eigenvalue weighted by Crippen LogP contribution is 2.42. The van der Waals surface area contributed by atoms with Gasteiger partial charge < -0.3 is 23.8 Å². The molecule has 0 aliphatic carbocycles. The van der Waals surface area contributed by atoms with E-state index in [0.717, 1.165) is 25.6 Å². The zero-order valence-corrected chi connectivity index (χ0v) is 33.9. The number of benzene rings is 5. The number of hydrogen-bond acceptors (Lipinski definition) is 6. The molecule has 1 aliphatic rings. The van der Waals surface area contributed by atoms with E-state index in [1.165, 1.54) is 11.8 Å². The summed E-state index contributed by atoms with van der Waals surface area (Å²) in [6.07, 6.45) is -4.06. The van der Waals surface area contributed by atoms with E-state index >= 15 is 0 Å². The zero-order chi connectivity index (χ0) is 37.0. The largest absolute Gasteiger partial charge is 0.405 e. The van der Waals surface area contributed by atoms with Gasteiger partial charge in [-0.25, -0.2) is 0 Å². The molecule has 2 N–H and O–H groups in total. The second kappa shape index (κ2) is 16.0. The van der Waals surface area contributed by atoms with Crippen molar-refractivity contribution in [3.8, 4) is 0 Å². The molecule has 1 heterocycles. The van der Waals surface area contributed by atoms with Gasteiger partial charge in [0.15, 0.2) is 0 Å². The lowest BCUT2D eigenvalue weighted by atomic mass is 10.0. The molecule has 5 aromatic carbocycles. The highest BCUT2D eigenvalue weighted by molar-refractivity contribution is 7.99. The van der Waals surface area contributed by atoms with Gasteiger partial charge in [0, 0.05) is 4.90 Å². The van der Waals surface area contributed by atoms with E-state index in [2.05, 4.69) is 114 Å². The summed E-state index contributed by atoms with van der Waals surface area (Å²) >= 11 is 1.45. The van der Waals surface area contributed by atoms with Crippen molar-refractivity contribution < 1.29 is 23.8 Å². The fourth-order valence-electron chi connectivity index (χ4n) is 7.77. The Balaban J connectivity index is 1.45. The minimum atomic E-state index is -3.18. The van der Waals surface area contributed by atoms with E-state index in [0.29, 0.717) is 0 Å². The third-order valence-corrected chi connectivity index (χ3v) is 21.5. The van der Waals surface area contributed by atoms with Gasteiger partial charge in [-0.2, -0.15) is 0 Å². The highest BCUT2D eigenvalue weighted by atomic mass is 32.2. The molecule has 0 saturated carbocycles. The van der Waals surface area contributed by atoms with E-state index in [4.69, 9.17) is 13.6 Å². The lowest BCUT2D eigenvalue weighted by Gasteiger charge is -2.51. The first-order valence-electron chi connectivity index (χ1n) is 18.2. The third kappa shape index (κ3) is 7.54. The summed E-state index contributed by atoms with van der Waals surface area (Å²) in [5, 5.41) is 28.6. The Morgan fingerprint density at radius 2 is 0.904 bits per heavy atom. The monoisotopic (exact) mass is 748 g/mol. The number of aliphatic hydroxyl groups excluding tert-OH is 2. The van der Waals surface area contributed by atoms with Crippen molar-refractivity contribution in [2.45, 2.75) is 86.4 Å². The van der Waals surface area contributed by atoms with Gasteiger partial charge in [-0.1, -0.05) is 193 Å². The summed E-state index contributed by atoms with van der Waals surface area (Å²) in [6.45, 7) is 13.5. The van der Waals surface area contributed by atoms with Crippen LogP contribution in [0.25, 0.3) is 0 Å². The second-order valence-electron chi connectivity index (χ2n) is 15.7. The summed E-state index contributed by atoms with van der Waals surface area (Å²) < 4.78 is 21.6. The predicted molar refractivity (Wildman–Crippen MR) is 219 cm³/mol. The first-order chi connectivity index (χ1) is 24.9. The van der Waals surface area contributed by atoms with Gasteiger partial charge in [0.2, 0.25) is 0 Å².